The van der Waals surface area contributed by atoms with Crippen LogP contribution in [0.25, 0.3) is 16.9 Å². The van der Waals surface area contributed by atoms with Gasteiger partial charge in [-0.15, -0.1) is 0 Å². The van der Waals surface area contributed by atoms with Crippen LogP contribution in [0.3, 0.4) is 0 Å². The van der Waals surface area contributed by atoms with Crippen LogP contribution in [0.4, 0.5) is 18.9 Å². The number of alkyl halides is 3. The summed E-state index contributed by atoms with van der Waals surface area (Å²) in [4.78, 5) is 29.4. The number of hydrogen-bond donors (Lipinski definition) is 1. The molecule has 1 amide bonds. The maximum atomic E-state index is 13.8. The van der Waals surface area contributed by atoms with Gasteiger partial charge in [0.1, 0.15) is 5.75 Å². The van der Waals surface area contributed by atoms with Gasteiger partial charge in [-0.2, -0.15) is 18.3 Å². The van der Waals surface area contributed by atoms with E-state index in [1.165, 1.54) is 24.3 Å². The highest BCUT2D eigenvalue weighted by Crippen LogP contribution is 2.32. The number of halogens is 4. The van der Waals surface area contributed by atoms with Crippen molar-refractivity contribution in [3.8, 4) is 17.0 Å². The molecule has 0 saturated carbocycles. The molecule has 0 aliphatic rings. The van der Waals surface area contributed by atoms with Gasteiger partial charge in [-0.1, -0.05) is 46.3 Å². The SMILES string of the molecule is O=C(Nc1ccc(Br)cc1)c1ccc(OC(=O)c2cc3nc(-c4ccccc4)cc(C(F)(F)F)n3n2)cc1. The van der Waals surface area contributed by atoms with Gasteiger partial charge in [0.05, 0.1) is 5.69 Å². The Bertz CT molecular complexity index is 1640. The van der Waals surface area contributed by atoms with E-state index in [1.54, 1.807) is 54.6 Å². The molecule has 0 aliphatic carbocycles. The standard InChI is InChI=1S/C27H16BrF3N4O3/c28-18-8-10-19(11-9-18)32-25(36)17-6-12-20(13-7-17)38-26(37)22-15-24-33-21(16-4-2-1-3-5-16)14-23(27(29,30)31)35(24)34-22/h1-15H,(H,32,36). The average molecular weight is 581 g/mol. The Balaban J connectivity index is 1.36. The smallest absolute Gasteiger partial charge is 0.422 e. The van der Waals surface area contributed by atoms with Gasteiger partial charge in [-0.3, -0.25) is 4.79 Å². The highest BCUT2D eigenvalue weighted by Gasteiger charge is 2.35. The Morgan fingerprint density at radius 3 is 2.24 bits per heavy atom. The van der Waals surface area contributed by atoms with E-state index in [0.29, 0.717) is 21.3 Å². The molecule has 0 unspecified atom stereocenters. The number of carbonyl (C=O) groups is 2. The summed E-state index contributed by atoms with van der Waals surface area (Å²) >= 11 is 3.32. The van der Waals surface area contributed by atoms with E-state index in [9.17, 15) is 22.8 Å². The predicted octanol–water partition coefficient (Wildman–Crippen LogP) is 6.65. The van der Waals surface area contributed by atoms with Crippen molar-refractivity contribution < 1.29 is 27.5 Å². The van der Waals surface area contributed by atoms with Gasteiger partial charge in [0, 0.05) is 27.4 Å². The molecule has 38 heavy (non-hydrogen) atoms. The molecule has 0 bridgehead atoms. The number of hydrogen-bond acceptors (Lipinski definition) is 5. The highest BCUT2D eigenvalue weighted by atomic mass is 79.9. The van der Waals surface area contributed by atoms with E-state index in [2.05, 4.69) is 31.3 Å². The normalized spacial score (nSPS) is 11.4. The average Bonchev–Trinajstić information content (AvgIpc) is 3.34. The Hall–Kier alpha value is -4.51. The van der Waals surface area contributed by atoms with Gasteiger partial charge in [-0.05, 0) is 54.6 Å². The van der Waals surface area contributed by atoms with Gasteiger partial charge in [-0.25, -0.2) is 14.3 Å². The molecule has 5 aromatic rings. The number of nitrogens with zero attached hydrogens (tertiary/aromatic N) is 3. The van der Waals surface area contributed by atoms with E-state index < -0.39 is 17.8 Å². The van der Waals surface area contributed by atoms with E-state index in [4.69, 9.17) is 4.74 Å². The zero-order valence-electron chi connectivity index (χ0n) is 19.2. The summed E-state index contributed by atoms with van der Waals surface area (Å²) in [5, 5.41) is 6.54. The fourth-order valence-electron chi connectivity index (χ4n) is 3.60. The van der Waals surface area contributed by atoms with Crippen molar-refractivity contribution in [1.82, 2.24) is 14.6 Å². The van der Waals surface area contributed by atoms with Crippen molar-refractivity contribution in [2.24, 2.45) is 0 Å². The molecule has 0 aliphatic heterocycles. The largest absolute Gasteiger partial charge is 0.433 e. The van der Waals surface area contributed by atoms with E-state index >= 15 is 0 Å². The van der Waals surface area contributed by atoms with E-state index in [-0.39, 0.29) is 28.7 Å². The fraction of sp³-hybridized carbons (Fsp3) is 0.0370. The molecule has 0 spiro atoms. The first kappa shape index (κ1) is 25.2. The molecule has 0 atom stereocenters. The molecule has 0 saturated heterocycles. The fourth-order valence-corrected chi connectivity index (χ4v) is 3.87. The minimum absolute atomic E-state index is 0.0845. The summed E-state index contributed by atoms with van der Waals surface area (Å²) in [5.74, 6) is -1.26. The number of fused-ring (bicyclic) bond motifs is 1. The number of nitrogens with one attached hydrogen (secondary N) is 1. The van der Waals surface area contributed by atoms with Crippen molar-refractivity contribution in [2.75, 3.05) is 5.32 Å². The molecular weight excluding hydrogens is 565 g/mol. The Morgan fingerprint density at radius 1 is 0.895 bits per heavy atom. The quantitative estimate of drug-likeness (QED) is 0.186. The number of carbonyl (C=O) groups excluding carboxylic acids is 2. The lowest BCUT2D eigenvalue weighted by Crippen LogP contribution is -2.15. The maximum Gasteiger partial charge on any atom is 0.433 e. The minimum atomic E-state index is -4.75. The van der Waals surface area contributed by atoms with Crippen LogP contribution in [0.2, 0.25) is 0 Å². The lowest BCUT2D eigenvalue weighted by molar-refractivity contribution is -0.142. The third kappa shape index (κ3) is 5.42. The Morgan fingerprint density at radius 2 is 1.58 bits per heavy atom. The first-order valence-corrected chi connectivity index (χ1v) is 11.9. The van der Waals surface area contributed by atoms with E-state index in [1.807, 2.05) is 0 Å². The third-order valence-corrected chi connectivity index (χ3v) is 5.95. The lowest BCUT2D eigenvalue weighted by Gasteiger charge is -2.10. The van der Waals surface area contributed by atoms with Crippen molar-refractivity contribution >= 4 is 39.1 Å². The van der Waals surface area contributed by atoms with Gasteiger partial charge in [0.2, 0.25) is 0 Å². The van der Waals surface area contributed by atoms with E-state index in [0.717, 1.165) is 16.6 Å². The summed E-state index contributed by atoms with van der Waals surface area (Å²) in [7, 11) is 0. The third-order valence-electron chi connectivity index (χ3n) is 5.43. The molecule has 2 aromatic heterocycles. The van der Waals surface area contributed by atoms with Crippen LogP contribution in [0, 0.1) is 0 Å². The van der Waals surface area contributed by atoms with Crippen LogP contribution < -0.4 is 10.1 Å². The second-order valence-electron chi connectivity index (χ2n) is 8.06. The summed E-state index contributed by atoms with van der Waals surface area (Å²) < 4.78 is 48.1. The second kappa shape index (κ2) is 10.1. The zero-order chi connectivity index (χ0) is 26.9. The van der Waals surface area contributed by atoms with Gasteiger partial charge in [0.25, 0.3) is 5.91 Å². The number of aromatic nitrogens is 3. The van der Waals surface area contributed by atoms with Crippen molar-refractivity contribution in [3.63, 3.8) is 0 Å². The monoisotopic (exact) mass is 580 g/mol. The molecule has 0 fully saturated rings. The van der Waals surface area contributed by atoms with Crippen LogP contribution in [-0.4, -0.2) is 26.5 Å². The summed E-state index contributed by atoms with van der Waals surface area (Å²) in [6, 6.07) is 23.1. The zero-order valence-corrected chi connectivity index (χ0v) is 20.8. The molecular formula is C27H16BrF3N4O3. The summed E-state index contributed by atoms with van der Waals surface area (Å²) in [6.45, 7) is 0. The highest BCUT2D eigenvalue weighted by molar-refractivity contribution is 9.10. The summed E-state index contributed by atoms with van der Waals surface area (Å²) in [6.07, 6.45) is -4.75. The Labute approximate surface area is 222 Å². The van der Waals surface area contributed by atoms with Crippen LogP contribution in [-0.2, 0) is 6.18 Å². The molecule has 3 aromatic carbocycles. The summed E-state index contributed by atoms with van der Waals surface area (Å²) in [5.41, 5.74) is -0.120. The van der Waals surface area contributed by atoms with Crippen LogP contribution >= 0.6 is 15.9 Å². The maximum absolute atomic E-state index is 13.8. The van der Waals surface area contributed by atoms with Crippen LogP contribution in [0.15, 0.2) is 95.5 Å². The number of esters is 1. The topological polar surface area (TPSA) is 85.6 Å². The first-order chi connectivity index (χ1) is 18.2. The van der Waals surface area contributed by atoms with Gasteiger partial charge in [0.15, 0.2) is 17.0 Å². The number of benzene rings is 3. The molecule has 190 valence electrons. The Kier molecular flexibility index (Phi) is 6.68. The lowest BCUT2D eigenvalue weighted by atomic mass is 10.1. The van der Waals surface area contributed by atoms with Crippen molar-refractivity contribution in [3.05, 3.63) is 112 Å². The minimum Gasteiger partial charge on any atom is -0.422 e. The number of ether oxygens (including phenoxy) is 1. The van der Waals surface area contributed by atoms with Crippen LogP contribution in [0.1, 0.15) is 26.5 Å². The molecule has 11 heteroatoms. The first-order valence-electron chi connectivity index (χ1n) is 11.1. The predicted molar refractivity (Wildman–Crippen MR) is 137 cm³/mol. The molecule has 0 radical (unpaired) electrons. The van der Waals surface area contributed by atoms with Crippen LogP contribution in [0.5, 0.6) is 5.75 Å². The number of amides is 1. The van der Waals surface area contributed by atoms with Crippen molar-refractivity contribution in [1.29, 1.82) is 0 Å². The molecule has 5 rings (SSSR count). The molecule has 7 nitrogen and oxygen atoms in total. The molecule has 2 heterocycles. The molecule has 1 N–H and O–H groups in total. The van der Waals surface area contributed by atoms with Gasteiger partial charge < -0.3 is 10.1 Å². The number of rotatable bonds is 5. The van der Waals surface area contributed by atoms with Gasteiger partial charge >= 0.3 is 12.1 Å². The number of anilines is 1. The second-order valence-corrected chi connectivity index (χ2v) is 8.98. The van der Waals surface area contributed by atoms with Crippen molar-refractivity contribution in [2.45, 2.75) is 6.18 Å².